The predicted molar refractivity (Wildman–Crippen MR) is 103 cm³/mol. The van der Waals surface area contributed by atoms with Crippen molar-refractivity contribution in [3.05, 3.63) is 36.3 Å². The van der Waals surface area contributed by atoms with Crippen molar-refractivity contribution in [2.45, 2.75) is 38.2 Å². The average Bonchev–Trinajstić information content (AvgIpc) is 3.42. The fraction of sp³-hybridized carbons (Fsp3) is 0.550. The maximum atomic E-state index is 12.5. The number of hydrogen-bond donors (Lipinski definition) is 0. The van der Waals surface area contributed by atoms with E-state index in [2.05, 4.69) is 15.0 Å². The molecule has 2 saturated heterocycles. The van der Waals surface area contributed by atoms with Crippen molar-refractivity contribution >= 4 is 11.7 Å². The smallest absolute Gasteiger partial charge is 0.223 e. The number of anilines is 1. The standard InChI is InChI=1S/C20H27N5O2/c1-23-14-16(13-22-23)6-7-19(26)25-12-8-17(15-25)27-18-5-4-9-21-20(18)24-10-2-3-11-24/h4-5,9,13-14,17H,2-3,6-8,10-12,15H2,1H3/t17-/m1/s1. The summed E-state index contributed by atoms with van der Waals surface area (Å²) in [4.78, 5) is 21.3. The Bertz CT molecular complexity index is 784. The van der Waals surface area contributed by atoms with Gasteiger partial charge in [-0.3, -0.25) is 9.48 Å². The lowest BCUT2D eigenvalue weighted by Crippen LogP contribution is -2.31. The molecule has 0 N–H and O–H groups in total. The van der Waals surface area contributed by atoms with E-state index in [1.807, 2.05) is 42.7 Å². The van der Waals surface area contributed by atoms with Crippen LogP contribution in [0.1, 0.15) is 31.2 Å². The Morgan fingerprint density at radius 1 is 1.30 bits per heavy atom. The number of ether oxygens (including phenoxy) is 1. The first-order valence-corrected chi connectivity index (χ1v) is 9.81. The molecule has 2 aromatic heterocycles. The number of hydrogen-bond acceptors (Lipinski definition) is 5. The molecular weight excluding hydrogens is 342 g/mol. The van der Waals surface area contributed by atoms with Crippen molar-refractivity contribution in [1.82, 2.24) is 19.7 Å². The number of carbonyl (C=O) groups is 1. The SMILES string of the molecule is Cn1cc(CCC(=O)N2CC[C@@H](Oc3cccnc3N3CCCC3)C2)cn1. The average molecular weight is 369 g/mol. The van der Waals surface area contributed by atoms with E-state index >= 15 is 0 Å². The van der Waals surface area contributed by atoms with E-state index in [1.54, 1.807) is 4.68 Å². The molecule has 7 nitrogen and oxygen atoms in total. The third-order valence-electron chi connectivity index (χ3n) is 5.33. The fourth-order valence-corrected chi connectivity index (χ4v) is 3.88. The van der Waals surface area contributed by atoms with Crippen LogP contribution in [0.3, 0.4) is 0 Å². The van der Waals surface area contributed by atoms with E-state index in [9.17, 15) is 4.79 Å². The Morgan fingerprint density at radius 2 is 2.15 bits per heavy atom. The first-order valence-electron chi connectivity index (χ1n) is 9.81. The summed E-state index contributed by atoms with van der Waals surface area (Å²) in [6.45, 7) is 3.49. The normalized spacial score (nSPS) is 19.7. The molecule has 2 aliphatic heterocycles. The topological polar surface area (TPSA) is 63.5 Å². The molecule has 0 aliphatic carbocycles. The minimum Gasteiger partial charge on any atom is -0.485 e. The van der Waals surface area contributed by atoms with Gasteiger partial charge in [-0.15, -0.1) is 0 Å². The minimum atomic E-state index is 0.0397. The highest BCUT2D eigenvalue weighted by atomic mass is 16.5. The van der Waals surface area contributed by atoms with Crippen LogP contribution < -0.4 is 9.64 Å². The summed E-state index contributed by atoms with van der Waals surface area (Å²) in [5.41, 5.74) is 1.10. The Hall–Kier alpha value is -2.57. The summed E-state index contributed by atoms with van der Waals surface area (Å²) in [5.74, 6) is 1.97. The third kappa shape index (κ3) is 4.23. The molecule has 0 spiro atoms. The zero-order chi connectivity index (χ0) is 18.6. The van der Waals surface area contributed by atoms with Gasteiger partial charge in [-0.2, -0.15) is 5.10 Å². The van der Waals surface area contributed by atoms with Crippen molar-refractivity contribution in [1.29, 1.82) is 0 Å². The van der Waals surface area contributed by atoms with Gasteiger partial charge in [-0.1, -0.05) is 0 Å². The predicted octanol–water partition coefficient (Wildman–Crippen LogP) is 2.03. The highest BCUT2D eigenvalue weighted by Gasteiger charge is 2.29. The van der Waals surface area contributed by atoms with Gasteiger partial charge >= 0.3 is 0 Å². The minimum absolute atomic E-state index is 0.0397. The summed E-state index contributed by atoms with van der Waals surface area (Å²) in [7, 11) is 1.89. The van der Waals surface area contributed by atoms with Gasteiger partial charge in [0.15, 0.2) is 11.6 Å². The number of likely N-dealkylation sites (tertiary alicyclic amines) is 1. The van der Waals surface area contributed by atoms with Crippen LogP contribution in [0.2, 0.25) is 0 Å². The molecule has 144 valence electrons. The van der Waals surface area contributed by atoms with Gasteiger partial charge in [0.2, 0.25) is 5.91 Å². The highest BCUT2D eigenvalue weighted by molar-refractivity contribution is 5.76. The Balaban J connectivity index is 1.31. The van der Waals surface area contributed by atoms with E-state index in [0.29, 0.717) is 13.0 Å². The zero-order valence-electron chi connectivity index (χ0n) is 15.9. The highest BCUT2D eigenvalue weighted by Crippen LogP contribution is 2.30. The van der Waals surface area contributed by atoms with Gasteiger partial charge in [0, 0.05) is 51.9 Å². The lowest BCUT2D eigenvalue weighted by molar-refractivity contribution is -0.130. The van der Waals surface area contributed by atoms with Crippen LogP contribution in [0.15, 0.2) is 30.7 Å². The number of rotatable bonds is 6. The second kappa shape index (κ2) is 7.98. The van der Waals surface area contributed by atoms with Crippen molar-refractivity contribution in [3.8, 4) is 5.75 Å². The second-order valence-electron chi connectivity index (χ2n) is 7.41. The van der Waals surface area contributed by atoms with Crippen LogP contribution in [-0.4, -0.2) is 57.9 Å². The van der Waals surface area contributed by atoms with Gasteiger partial charge in [0.1, 0.15) is 6.10 Å². The van der Waals surface area contributed by atoms with Gasteiger partial charge < -0.3 is 14.5 Å². The molecule has 0 radical (unpaired) electrons. The van der Waals surface area contributed by atoms with Crippen molar-refractivity contribution in [3.63, 3.8) is 0 Å². The van der Waals surface area contributed by atoms with E-state index in [4.69, 9.17) is 4.74 Å². The maximum Gasteiger partial charge on any atom is 0.223 e. The molecule has 7 heteroatoms. The number of aryl methyl sites for hydroxylation is 2. The first kappa shape index (κ1) is 17.8. The van der Waals surface area contributed by atoms with Crippen molar-refractivity contribution in [2.24, 2.45) is 7.05 Å². The Kier molecular flexibility index (Phi) is 5.27. The number of aromatic nitrogens is 3. The molecule has 2 aromatic rings. The van der Waals surface area contributed by atoms with Crippen LogP contribution in [0.25, 0.3) is 0 Å². The molecule has 0 bridgehead atoms. The molecule has 0 saturated carbocycles. The quantitative estimate of drug-likeness (QED) is 0.780. The Labute approximate surface area is 159 Å². The molecule has 0 aromatic carbocycles. The van der Waals surface area contributed by atoms with Crippen LogP contribution in [0.4, 0.5) is 5.82 Å². The number of carbonyl (C=O) groups excluding carboxylic acids is 1. The van der Waals surface area contributed by atoms with Gasteiger partial charge in [0.05, 0.1) is 12.7 Å². The van der Waals surface area contributed by atoms with Crippen molar-refractivity contribution in [2.75, 3.05) is 31.1 Å². The van der Waals surface area contributed by atoms with E-state index in [-0.39, 0.29) is 12.0 Å². The van der Waals surface area contributed by atoms with Gasteiger partial charge in [-0.25, -0.2) is 4.98 Å². The number of pyridine rings is 1. The molecule has 1 atom stereocenters. The zero-order valence-corrected chi connectivity index (χ0v) is 15.9. The summed E-state index contributed by atoms with van der Waals surface area (Å²) in [6.07, 6.45) is 10.2. The summed E-state index contributed by atoms with van der Waals surface area (Å²) in [5, 5.41) is 4.15. The Morgan fingerprint density at radius 3 is 2.93 bits per heavy atom. The van der Waals surface area contributed by atoms with Crippen LogP contribution in [-0.2, 0) is 18.3 Å². The molecule has 2 aliphatic rings. The third-order valence-corrected chi connectivity index (χ3v) is 5.33. The molecule has 27 heavy (non-hydrogen) atoms. The maximum absolute atomic E-state index is 12.5. The largest absolute Gasteiger partial charge is 0.485 e. The lowest BCUT2D eigenvalue weighted by atomic mass is 10.2. The molecule has 2 fully saturated rings. The molecule has 4 rings (SSSR count). The number of nitrogens with zero attached hydrogens (tertiary/aromatic N) is 5. The van der Waals surface area contributed by atoms with Gasteiger partial charge in [0.25, 0.3) is 0 Å². The number of amides is 1. The van der Waals surface area contributed by atoms with Crippen LogP contribution >= 0.6 is 0 Å². The lowest BCUT2D eigenvalue weighted by Gasteiger charge is -2.22. The van der Waals surface area contributed by atoms with Crippen LogP contribution in [0.5, 0.6) is 5.75 Å². The molecule has 1 amide bonds. The summed E-state index contributed by atoms with van der Waals surface area (Å²) >= 11 is 0. The van der Waals surface area contributed by atoms with Gasteiger partial charge in [-0.05, 0) is 37.0 Å². The fourth-order valence-electron chi connectivity index (χ4n) is 3.88. The van der Waals surface area contributed by atoms with E-state index in [1.165, 1.54) is 12.8 Å². The molecular formula is C20H27N5O2. The van der Waals surface area contributed by atoms with Crippen LogP contribution in [0, 0.1) is 0 Å². The van der Waals surface area contributed by atoms with Crippen molar-refractivity contribution < 1.29 is 9.53 Å². The molecule has 0 unspecified atom stereocenters. The summed E-state index contributed by atoms with van der Waals surface area (Å²) in [6, 6.07) is 3.91. The van der Waals surface area contributed by atoms with E-state index < -0.39 is 0 Å². The first-order chi connectivity index (χ1) is 13.2. The molecule has 4 heterocycles. The van der Waals surface area contributed by atoms with E-state index in [0.717, 1.165) is 49.6 Å². The second-order valence-corrected chi connectivity index (χ2v) is 7.41. The monoisotopic (exact) mass is 369 g/mol. The summed E-state index contributed by atoms with van der Waals surface area (Å²) < 4.78 is 8.02.